The molecule has 2 rings (SSSR count). The smallest absolute Gasteiger partial charge is 0.131 e. The van der Waals surface area contributed by atoms with Gasteiger partial charge in [-0.1, -0.05) is 54.7 Å². The predicted octanol–water partition coefficient (Wildman–Crippen LogP) is 9.49. The number of hydrogen-bond donors (Lipinski definition) is 1. The molecule has 0 spiro atoms. The highest BCUT2D eigenvalue weighted by molar-refractivity contribution is 5.67. The van der Waals surface area contributed by atoms with E-state index in [1.807, 2.05) is 12.1 Å². The van der Waals surface area contributed by atoms with E-state index in [2.05, 4.69) is 71.9 Å². The molecular weight excluding hydrogens is 404 g/mol. The Bertz CT molecular complexity index is 880. The second-order valence-electron chi connectivity index (χ2n) is 10.2. The van der Waals surface area contributed by atoms with Crippen LogP contribution in [0.2, 0.25) is 0 Å². The van der Waals surface area contributed by atoms with Crippen LogP contribution in [0, 0.1) is 0 Å². The first-order valence-electron chi connectivity index (χ1n) is 12.9. The second kappa shape index (κ2) is 13.5. The van der Waals surface area contributed by atoms with E-state index in [0.29, 0.717) is 5.75 Å². The van der Waals surface area contributed by atoms with Gasteiger partial charge in [-0.25, -0.2) is 0 Å². The standard InChI is InChI=1S/C31H46O2/c1-7-8-9-18-27-22-29(32)28-19-21-31(6,33-30(28)23-27)20-12-17-26(5)16-11-15-25(4)14-10-13-24(2)3/h13,15,17,19,21-23,32H,7-12,14,16,18,20H2,1-6H3/b25-15+,26-17+. The van der Waals surface area contributed by atoms with Crippen molar-refractivity contribution >= 4 is 6.08 Å². The van der Waals surface area contributed by atoms with Crippen LogP contribution >= 0.6 is 0 Å². The van der Waals surface area contributed by atoms with Gasteiger partial charge >= 0.3 is 0 Å². The van der Waals surface area contributed by atoms with Crippen molar-refractivity contribution in [1.82, 2.24) is 0 Å². The van der Waals surface area contributed by atoms with Crippen molar-refractivity contribution in [3.05, 3.63) is 64.3 Å². The van der Waals surface area contributed by atoms with Crippen molar-refractivity contribution in [3.63, 3.8) is 0 Å². The average Bonchev–Trinajstić information content (AvgIpc) is 2.73. The van der Waals surface area contributed by atoms with E-state index < -0.39 is 0 Å². The molecule has 0 aromatic heterocycles. The topological polar surface area (TPSA) is 29.5 Å². The predicted molar refractivity (Wildman–Crippen MR) is 144 cm³/mol. The summed E-state index contributed by atoms with van der Waals surface area (Å²) < 4.78 is 6.41. The molecule has 0 amide bonds. The Kier molecular flexibility index (Phi) is 11.0. The lowest BCUT2D eigenvalue weighted by Crippen LogP contribution is -2.31. The summed E-state index contributed by atoms with van der Waals surface area (Å²) in [5, 5.41) is 10.5. The molecular formula is C31H46O2. The van der Waals surface area contributed by atoms with E-state index in [4.69, 9.17) is 4.74 Å². The van der Waals surface area contributed by atoms with Gasteiger partial charge in [0.25, 0.3) is 0 Å². The molecule has 2 heteroatoms. The third kappa shape index (κ3) is 9.66. The minimum atomic E-state index is -0.334. The van der Waals surface area contributed by atoms with E-state index in [1.54, 1.807) is 0 Å². The summed E-state index contributed by atoms with van der Waals surface area (Å²) in [6.07, 6.45) is 22.2. The quantitative estimate of drug-likeness (QED) is 0.239. The van der Waals surface area contributed by atoms with Crippen LogP contribution in [0.15, 0.2) is 53.2 Å². The lowest BCUT2D eigenvalue weighted by atomic mass is 9.93. The summed E-state index contributed by atoms with van der Waals surface area (Å²) in [5.74, 6) is 1.15. The highest BCUT2D eigenvalue weighted by atomic mass is 16.5. The van der Waals surface area contributed by atoms with Crippen LogP contribution in [0.1, 0.15) is 110 Å². The Labute approximate surface area is 203 Å². The first-order chi connectivity index (χ1) is 15.7. The van der Waals surface area contributed by atoms with Crippen LogP contribution in [-0.4, -0.2) is 10.7 Å². The monoisotopic (exact) mass is 450 g/mol. The van der Waals surface area contributed by atoms with Crippen molar-refractivity contribution < 1.29 is 9.84 Å². The second-order valence-corrected chi connectivity index (χ2v) is 10.2. The number of aromatic hydroxyl groups is 1. The molecule has 0 saturated heterocycles. The van der Waals surface area contributed by atoms with Crippen LogP contribution in [0.3, 0.4) is 0 Å². The van der Waals surface area contributed by atoms with Gasteiger partial charge in [0.05, 0.1) is 5.56 Å². The molecule has 1 aromatic carbocycles. The number of rotatable bonds is 13. The molecule has 0 bridgehead atoms. The molecule has 182 valence electrons. The Hall–Kier alpha value is -2.22. The van der Waals surface area contributed by atoms with Gasteiger partial charge < -0.3 is 9.84 Å². The molecule has 1 atom stereocenters. The van der Waals surface area contributed by atoms with E-state index in [1.165, 1.54) is 29.6 Å². The molecule has 33 heavy (non-hydrogen) atoms. The van der Waals surface area contributed by atoms with Gasteiger partial charge in [-0.3, -0.25) is 0 Å². The van der Waals surface area contributed by atoms with Crippen LogP contribution < -0.4 is 4.74 Å². The Morgan fingerprint density at radius 3 is 2.27 bits per heavy atom. The zero-order chi connectivity index (χ0) is 24.3. The first-order valence-corrected chi connectivity index (χ1v) is 12.9. The van der Waals surface area contributed by atoms with Crippen molar-refractivity contribution in [2.24, 2.45) is 0 Å². The number of fused-ring (bicyclic) bond motifs is 1. The van der Waals surface area contributed by atoms with E-state index in [-0.39, 0.29) is 5.60 Å². The first kappa shape index (κ1) is 27.0. The molecule has 1 aromatic rings. The summed E-state index contributed by atoms with van der Waals surface area (Å²) in [6, 6.07) is 4.02. The average molecular weight is 451 g/mol. The van der Waals surface area contributed by atoms with Crippen LogP contribution in [-0.2, 0) is 6.42 Å². The molecule has 1 unspecified atom stereocenters. The number of phenolic OH excluding ortho intramolecular Hbond substituents is 1. The van der Waals surface area contributed by atoms with Crippen LogP contribution in [0.4, 0.5) is 0 Å². The molecule has 0 fully saturated rings. The number of benzene rings is 1. The fraction of sp³-hybridized carbons (Fsp3) is 0.548. The summed E-state index contributed by atoms with van der Waals surface area (Å²) >= 11 is 0. The number of aryl methyl sites for hydroxylation is 1. The van der Waals surface area contributed by atoms with Gasteiger partial charge in [0.15, 0.2) is 0 Å². The van der Waals surface area contributed by atoms with Gasteiger partial charge in [0.2, 0.25) is 0 Å². The molecule has 0 saturated carbocycles. The third-order valence-electron chi connectivity index (χ3n) is 6.45. The van der Waals surface area contributed by atoms with Crippen molar-refractivity contribution in [2.45, 2.75) is 111 Å². The van der Waals surface area contributed by atoms with Gasteiger partial charge in [-0.15, -0.1) is 0 Å². The SMILES string of the molecule is CCCCCc1cc(O)c2c(c1)OC(C)(CC/C=C(\C)CC/C=C(\C)CCC=C(C)C)C=C2. The zero-order valence-corrected chi connectivity index (χ0v) is 22.0. The fourth-order valence-corrected chi connectivity index (χ4v) is 4.27. The summed E-state index contributed by atoms with van der Waals surface area (Å²) in [4.78, 5) is 0. The number of allylic oxidation sites excluding steroid dienone is 6. The van der Waals surface area contributed by atoms with Gasteiger partial charge in [0.1, 0.15) is 17.1 Å². The maximum atomic E-state index is 10.5. The molecule has 0 aliphatic carbocycles. The van der Waals surface area contributed by atoms with E-state index >= 15 is 0 Å². The molecule has 1 N–H and O–H groups in total. The minimum absolute atomic E-state index is 0.331. The van der Waals surface area contributed by atoms with Crippen molar-refractivity contribution in [2.75, 3.05) is 0 Å². The lowest BCUT2D eigenvalue weighted by molar-refractivity contribution is 0.128. The maximum Gasteiger partial charge on any atom is 0.131 e. The highest BCUT2D eigenvalue weighted by Crippen LogP contribution is 2.39. The number of phenols is 1. The Morgan fingerprint density at radius 1 is 0.939 bits per heavy atom. The van der Waals surface area contributed by atoms with Crippen molar-refractivity contribution in [1.29, 1.82) is 0 Å². The number of hydrogen-bond acceptors (Lipinski definition) is 2. The van der Waals surface area contributed by atoms with Crippen LogP contribution in [0.5, 0.6) is 11.5 Å². The zero-order valence-electron chi connectivity index (χ0n) is 22.0. The van der Waals surface area contributed by atoms with Gasteiger partial charge in [0, 0.05) is 0 Å². The molecule has 0 radical (unpaired) electrons. The van der Waals surface area contributed by atoms with Crippen molar-refractivity contribution in [3.8, 4) is 11.5 Å². The Morgan fingerprint density at radius 2 is 1.61 bits per heavy atom. The van der Waals surface area contributed by atoms with E-state index in [9.17, 15) is 5.11 Å². The number of unbranched alkanes of at least 4 members (excludes halogenated alkanes) is 2. The summed E-state index contributed by atoms with van der Waals surface area (Å²) in [5.41, 5.74) is 5.98. The molecule has 2 nitrogen and oxygen atoms in total. The minimum Gasteiger partial charge on any atom is -0.507 e. The van der Waals surface area contributed by atoms with Gasteiger partial charge in [-0.05, 0) is 116 Å². The van der Waals surface area contributed by atoms with E-state index in [0.717, 1.165) is 68.2 Å². The highest BCUT2D eigenvalue weighted by Gasteiger charge is 2.28. The molecule has 1 heterocycles. The Balaban J connectivity index is 1.86. The van der Waals surface area contributed by atoms with Gasteiger partial charge in [-0.2, -0.15) is 0 Å². The molecule has 1 aliphatic heterocycles. The lowest BCUT2D eigenvalue weighted by Gasteiger charge is -2.32. The largest absolute Gasteiger partial charge is 0.507 e. The van der Waals surface area contributed by atoms with Crippen LogP contribution in [0.25, 0.3) is 6.08 Å². The summed E-state index contributed by atoms with van der Waals surface area (Å²) in [7, 11) is 0. The fourth-order valence-electron chi connectivity index (χ4n) is 4.27. The summed E-state index contributed by atoms with van der Waals surface area (Å²) in [6.45, 7) is 13.2. The third-order valence-corrected chi connectivity index (χ3v) is 6.45. The molecule has 1 aliphatic rings. The normalized spacial score (nSPS) is 18.1. The number of ether oxygens (including phenoxy) is 1. The maximum absolute atomic E-state index is 10.5.